The third kappa shape index (κ3) is 7.74. The van der Waals surface area contributed by atoms with Crippen LogP contribution >= 0.6 is 11.6 Å². The molecule has 0 radical (unpaired) electrons. The molecule has 0 aliphatic rings. The van der Waals surface area contributed by atoms with Crippen LogP contribution in [0.3, 0.4) is 0 Å². The van der Waals surface area contributed by atoms with Crippen molar-refractivity contribution in [2.45, 2.75) is 26.1 Å². The number of methoxy groups -OCH3 is 1. The molecule has 1 atom stereocenters. The molecule has 0 aromatic heterocycles. The van der Waals surface area contributed by atoms with Gasteiger partial charge in [0, 0.05) is 12.2 Å². The minimum absolute atomic E-state index is 0.135. The summed E-state index contributed by atoms with van der Waals surface area (Å²) >= 11 is 5.83. The summed E-state index contributed by atoms with van der Waals surface area (Å²) in [5.41, 5.74) is 0.595. The van der Waals surface area contributed by atoms with Crippen LogP contribution in [0.15, 0.2) is 24.3 Å². The summed E-state index contributed by atoms with van der Waals surface area (Å²) in [5.74, 6) is -0.212. The molecule has 0 aliphatic heterocycles. The van der Waals surface area contributed by atoms with Gasteiger partial charge in [-0.15, -0.1) is 11.6 Å². The average molecular weight is 384 g/mol. The summed E-state index contributed by atoms with van der Waals surface area (Å²) in [7, 11) is 1.56. The van der Waals surface area contributed by atoms with Gasteiger partial charge < -0.3 is 20.3 Å². The summed E-state index contributed by atoms with van der Waals surface area (Å²) in [5, 5.41) is 4.47. The van der Waals surface area contributed by atoms with Crippen molar-refractivity contribution in [2.24, 2.45) is 5.92 Å². The highest BCUT2D eigenvalue weighted by atomic mass is 35.5. The fourth-order valence-electron chi connectivity index (χ4n) is 2.21. The Bertz CT molecular complexity index is 617. The maximum atomic E-state index is 12.1. The number of hydrogen-bond donors (Lipinski definition) is 2. The second-order valence-electron chi connectivity index (χ2n) is 6.28. The predicted molar refractivity (Wildman–Crippen MR) is 101 cm³/mol. The highest BCUT2D eigenvalue weighted by molar-refractivity contribution is 6.30. The Morgan fingerprint density at radius 1 is 1.12 bits per heavy atom. The molecule has 0 saturated carbocycles. The topological polar surface area (TPSA) is 87.7 Å². The minimum atomic E-state index is -0.708. The van der Waals surface area contributed by atoms with Gasteiger partial charge in [-0.05, 0) is 37.1 Å². The number of carbonyl (C=O) groups excluding carboxylic acids is 3. The van der Waals surface area contributed by atoms with Crippen LogP contribution in [0, 0.1) is 5.92 Å². The van der Waals surface area contributed by atoms with Crippen molar-refractivity contribution in [3.05, 3.63) is 24.3 Å². The van der Waals surface area contributed by atoms with Crippen LogP contribution in [-0.4, -0.2) is 54.7 Å². The molecule has 0 aliphatic carbocycles. The van der Waals surface area contributed by atoms with Gasteiger partial charge in [0.05, 0.1) is 20.2 Å². The van der Waals surface area contributed by atoms with E-state index in [9.17, 15) is 14.4 Å². The van der Waals surface area contributed by atoms with E-state index in [1.165, 1.54) is 4.90 Å². The molecule has 7 nitrogen and oxygen atoms in total. The maximum absolute atomic E-state index is 12.1. The molecule has 26 heavy (non-hydrogen) atoms. The van der Waals surface area contributed by atoms with Crippen LogP contribution in [0.4, 0.5) is 5.69 Å². The zero-order valence-electron chi connectivity index (χ0n) is 15.5. The van der Waals surface area contributed by atoms with Gasteiger partial charge in [0.15, 0.2) is 0 Å². The molecule has 0 heterocycles. The number of amides is 3. The molecule has 1 aromatic carbocycles. The van der Waals surface area contributed by atoms with Crippen LogP contribution < -0.4 is 15.4 Å². The number of nitrogens with zero attached hydrogens (tertiary/aromatic N) is 1. The van der Waals surface area contributed by atoms with E-state index in [-0.39, 0.29) is 30.8 Å². The number of alkyl halides is 1. The number of rotatable bonds is 9. The molecule has 8 heteroatoms. The standard InChI is InChI=1S/C18H26ClN3O4/c1-12(2)10-22(18(25)13(3)19)11-17(24)20-9-16(23)21-14-5-7-15(26-4)8-6-14/h5-8,12-13H,9-11H2,1-4H3,(H,20,24)(H,21,23). The lowest BCUT2D eigenvalue weighted by Gasteiger charge is -2.25. The Hall–Kier alpha value is -2.28. The molecule has 1 unspecified atom stereocenters. The first-order chi connectivity index (χ1) is 12.2. The summed E-state index contributed by atoms with van der Waals surface area (Å²) in [6, 6.07) is 6.83. The second kappa shape index (κ2) is 10.7. The van der Waals surface area contributed by atoms with E-state index >= 15 is 0 Å². The Morgan fingerprint density at radius 3 is 2.23 bits per heavy atom. The molecule has 1 rings (SSSR count). The highest BCUT2D eigenvalue weighted by Gasteiger charge is 2.22. The van der Waals surface area contributed by atoms with Crippen molar-refractivity contribution >= 4 is 35.0 Å². The summed E-state index contributed by atoms with van der Waals surface area (Å²) in [6.45, 7) is 5.55. The van der Waals surface area contributed by atoms with Gasteiger partial charge in [0.25, 0.3) is 0 Å². The second-order valence-corrected chi connectivity index (χ2v) is 6.94. The van der Waals surface area contributed by atoms with Gasteiger partial charge in [0.2, 0.25) is 17.7 Å². The van der Waals surface area contributed by atoms with Crippen LogP contribution in [0.1, 0.15) is 20.8 Å². The SMILES string of the molecule is COc1ccc(NC(=O)CNC(=O)CN(CC(C)C)C(=O)C(C)Cl)cc1. The number of carbonyl (C=O) groups is 3. The van der Waals surface area contributed by atoms with Gasteiger partial charge in [-0.25, -0.2) is 0 Å². The third-order valence-electron chi connectivity index (χ3n) is 3.39. The maximum Gasteiger partial charge on any atom is 0.243 e. The average Bonchev–Trinajstić information content (AvgIpc) is 2.59. The smallest absolute Gasteiger partial charge is 0.243 e. The fourth-order valence-corrected chi connectivity index (χ4v) is 2.35. The van der Waals surface area contributed by atoms with Gasteiger partial charge in [-0.2, -0.15) is 0 Å². The predicted octanol–water partition coefficient (Wildman–Crippen LogP) is 1.86. The summed E-state index contributed by atoms with van der Waals surface area (Å²) in [4.78, 5) is 37.4. The molecular formula is C18H26ClN3O4. The first-order valence-corrected chi connectivity index (χ1v) is 8.80. The molecule has 0 saturated heterocycles. The van der Waals surface area contributed by atoms with Gasteiger partial charge in [-0.1, -0.05) is 13.8 Å². The molecule has 0 fully saturated rings. The number of halogens is 1. The molecule has 144 valence electrons. The van der Waals surface area contributed by atoms with E-state index in [0.29, 0.717) is 18.0 Å². The molecule has 3 amide bonds. The van der Waals surface area contributed by atoms with E-state index in [1.54, 1.807) is 38.3 Å². The van der Waals surface area contributed by atoms with Crippen LogP contribution in [0.2, 0.25) is 0 Å². The first-order valence-electron chi connectivity index (χ1n) is 8.36. The highest BCUT2D eigenvalue weighted by Crippen LogP contribution is 2.14. The van der Waals surface area contributed by atoms with Crippen LogP contribution in [0.25, 0.3) is 0 Å². The molecule has 0 spiro atoms. The third-order valence-corrected chi connectivity index (χ3v) is 3.58. The van der Waals surface area contributed by atoms with Gasteiger partial charge in [0.1, 0.15) is 11.1 Å². The Balaban J connectivity index is 2.49. The number of ether oxygens (including phenoxy) is 1. The van der Waals surface area contributed by atoms with E-state index in [0.717, 1.165) is 0 Å². The van der Waals surface area contributed by atoms with E-state index in [1.807, 2.05) is 13.8 Å². The lowest BCUT2D eigenvalue weighted by molar-refractivity contribution is -0.136. The van der Waals surface area contributed by atoms with E-state index in [4.69, 9.17) is 16.3 Å². The number of hydrogen-bond acceptors (Lipinski definition) is 4. The lowest BCUT2D eigenvalue weighted by Crippen LogP contribution is -2.46. The minimum Gasteiger partial charge on any atom is -0.497 e. The number of benzene rings is 1. The Morgan fingerprint density at radius 2 is 1.73 bits per heavy atom. The van der Waals surface area contributed by atoms with E-state index < -0.39 is 11.3 Å². The van der Waals surface area contributed by atoms with Crippen molar-refractivity contribution in [1.29, 1.82) is 0 Å². The Labute approximate surface area is 159 Å². The fraction of sp³-hybridized carbons (Fsp3) is 0.500. The Kier molecular flexibility index (Phi) is 8.92. The molecular weight excluding hydrogens is 358 g/mol. The summed E-state index contributed by atoms with van der Waals surface area (Å²) in [6.07, 6.45) is 0. The van der Waals surface area contributed by atoms with Crippen molar-refractivity contribution < 1.29 is 19.1 Å². The zero-order chi connectivity index (χ0) is 19.7. The van der Waals surface area contributed by atoms with E-state index in [2.05, 4.69) is 10.6 Å². The molecule has 0 bridgehead atoms. The van der Waals surface area contributed by atoms with Crippen molar-refractivity contribution in [2.75, 3.05) is 32.1 Å². The molecule has 1 aromatic rings. The first kappa shape index (κ1) is 21.8. The molecule has 2 N–H and O–H groups in total. The summed E-state index contributed by atoms with van der Waals surface area (Å²) < 4.78 is 5.04. The van der Waals surface area contributed by atoms with Crippen molar-refractivity contribution in [1.82, 2.24) is 10.2 Å². The largest absolute Gasteiger partial charge is 0.497 e. The lowest BCUT2D eigenvalue weighted by atomic mass is 10.2. The monoisotopic (exact) mass is 383 g/mol. The normalized spacial score (nSPS) is 11.6. The van der Waals surface area contributed by atoms with Gasteiger partial charge in [-0.3, -0.25) is 14.4 Å². The zero-order valence-corrected chi connectivity index (χ0v) is 16.3. The van der Waals surface area contributed by atoms with Crippen LogP contribution in [0.5, 0.6) is 5.75 Å². The van der Waals surface area contributed by atoms with Crippen molar-refractivity contribution in [3.63, 3.8) is 0 Å². The van der Waals surface area contributed by atoms with Crippen LogP contribution in [-0.2, 0) is 14.4 Å². The number of anilines is 1. The van der Waals surface area contributed by atoms with Crippen molar-refractivity contribution in [3.8, 4) is 5.75 Å². The quantitative estimate of drug-likeness (QED) is 0.637. The van der Waals surface area contributed by atoms with Gasteiger partial charge >= 0.3 is 0 Å². The number of nitrogens with one attached hydrogen (secondary N) is 2.